The Bertz CT molecular complexity index is 717. The normalized spacial score (nSPS) is 10.5. The number of aryl methyl sites for hydroxylation is 1. The molecule has 0 bridgehead atoms. The van der Waals surface area contributed by atoms with E-state index in [4.69, 9.17) is 4.74 Å². The van der Waals surface area contributed by atoms with Gasteiger partial charge in [0, 0.05) is 24.4 Å². The van der Waals surface area contributed by atoms with Crippen LogP contribution >= 0.6 is 0 Å². The van der Waals surface area contributed by atoms with E-state index in [9.17, 15) is 0 Å². The highest BCUT2D eigenvalue weighted by atomic mass is 16.5. The highest BCUT2D eigenvalue weighted by Crippen LogP contribution is 2.32. The molecule has 3 nitrogen and oxygen atoms in total. The topological polar surface area (TPSA) is 27.1 Å². The fourth-order valence-corrected chi connectivity index (χ4v) is 2.30. The van der Waals surface area contributed by atoms with E-state index in [-0.39, 0.29) is 0 Å². The molecule has 0 amide bonds. The molecule has 0 unspecified atom stereocenters. The number of hydrogen-bond donors (Lipinski definition) is 0. The van der Waals surface area contributed by atoms with Gasteiger partial charge in [-0.1, -0.05) is 42.5 Å². The maximum atomic E-state index is 5.29. The SMILES string of the molecule is COc1cccc(-c2nn(C)cc2-c2ccccc2)c1. The van der Waals surface area contributed by atoms with Crippen LogP contribution in [0.25, 0.3) is 22.4 Å². The summed E-state index contributed by atoms with van der Waals surface area (Å²) in [6.07, 6.45) is 2.05. The molecule has 2 aromatic carbocycles. The Hall–Kier alpha value is -2.55. The molecule has 0 N–H and O–H groups in total. The highest BCUT2D eigenvalue weighted by Gasteiger charge is 2.12. The first-order valence-electron chi connectivity index (χ1n) is 6.51. The molecule has 3 aromatic rings. The molecule has 0 spiro atoms. The van der Waals surface area contributed by atoms with Crippen molar-refractivity contribution in [3.8, 4) is 28.1 Å². The Balaban J connectivity index is 2.14. The smallest absolute Gasteiger partial charge is 0.119 e. The molecule has 1 heterocycles. The highest BCUT2D eigenvalue weighted by molar-refractivity contribution is 5.80. The average molecular weight is 264 g/mol. The van der Waals surface area contributed by atoms with Gasteiger partial charge in [-0.3, -0.25) is 4.68 Å². The minimum Gasteiger partial charge on any atom is -0.497 e. The average Bonchev–Trinajstić information content (AvgIpc) is 2.90. The van der Waals surface area contributed by atoms with Gasteiger partial charge in [0.1, 0.15) is 11.4 Å². The zero-order valence-corrected chi connectivity index (χ0v) is 11.6. The van der Waals surface area contributed by atoms with E-state index >= 15 is 0 Å². The predicted octanol–water partition coefficient (Wildman–Crippen LogP) is 3.76. The lowest BCUT2D eigenvalue weighted by Gasteiger charge is -2.05. The third kappa shape index (κ3) is 2.30. The molecule has 0 saturated heterocycles. The first kappa shape index (κ1) is 12.5. The molecule has 3 rings (SSSR count). The van der Waals surface area contributed by atoms with Crippen molar-refractivity contribution in [1.29, 1.82) is 0 Å². The predicted molar refractivity (Wildman–Crippen MR) is 80.6 cm³/mol. The van der Waals surface area contributed by atoms with Gasteiger partial charge in [0.25, 0.3) is 0 Å². The second-order valence-electron chi connectivity index (χ2n) is 4.66. The second kappa shape index (κ2) is 5.21. The molecule has 0 aliphatic rings. The molecule has 0 aliphatic carbocycles. The summed E-state index contributed by atoms with van der Waals surface area (Å²) < 4.78 is 7.14. The fraction of sp³-hybridized carbons (Fsp3) is 0.118. The van der Waals surface area contributed by atoms with Crippen molar-refractivity contribution >= 4 is 0 Å². The molecular formula is C17H16N2O. The van der Waals surface area contributed by atoms with Crippen LogP contribution < -0.4 is 4.74 Å². The summed E-state index contributed by atoms with van der Waals surface area (Å²) in [5.74, 6) is 0.840. The van der Waals surface area contributed by atoms with Crippen LogP contribution in [0, 0.1) is 0 Å². The molecule has 3 heteroatoms. The van der Waals surface area contributed by atoms with E-state index in [0.29, 0.717) is 0 Å². The van der Waals surface area contributed by atoms with Crippen LogP contribution in [0.5, 0.6) is 5.75 Å². The van der Waals surface area contributed by atoms with E-state index in [1.54, 1.807) is 7.11 Å². The molecular weight excluding hydrogens is 248 g/mol. The summed E-state index contributed by atoms with van der Waals surface area (Å²) in [7, 11) is 3.62. The van der Waals surface area contributed by atoms with Crippen LogP contribution in [0.1, 0.15) is 0 Å². The Morgan fingerprint density at radius 3 is 2.45 bits per heavy atom. The zero-order valence-electron chi connectivity index (χ0n) is 11.6. The molecule has 20 heavy (non-hydrogen) atoms. The number of ether oxygens (including phenoxy) is 1. The van der Waals surface area contributed by atoms with E-state index in [0.717, 1.165) is 22.6 Å². The van der Waals surface area contributed by atoms with Crippen LogP contribution in [0.3, 0.4) is 0 Å². The third-order valence-electron chi connectivity index (χ3n) is 3.26. The standard InChI is InChI=1S/C17H16N2O/c1-19-12-16(13-7-4-3-5-8-13)17(18-19)14-9-6-10-15(11-14)20-2/h3-12H,1-2H3. The Kier molecular flexibility index (Phi) is 3.25. The van der Waals surface area contributed by atoms with Gasteiger partial charge in [-0.25, -0.2) is 0 Å². The number of aromatic nitrogens is 2. The van der Waals surface area contributed by atoms with Gasteiger partial charge >= 0.3 is 0 Å². The van der Waals surface area contributed by atoms with Crippen molar-refractivity contribution < 1.29 is 4.74 Å². The third-order valence-corrected chi connectivity index (χ3v) is 3.26. The van der Waals surface area contributed by atoms with Gasteiger partial charge in [0.15, 0.2) is 0 Å². The van der Waals surface area contributed by atoms with Crippen LogP contribution in [0.15, 0.2) is 60.8 Å². The summed E-state index contributed by atoms with van der Waals surface area (Å²) in [6, 6.07) is 18.3. The molecule has 1 aromatic heterocycles. The monoisotopic (exact) mass is 264 g/mol. The summed E-state index contributed by atoms with van der Waals surface area (Å²) in [5, 5.41) is 4.59. The van der Waals surface area contributed by atoms with Gasteiger partial charge in [-0.05, 0) is 17.7 Å². The summed E-state index contributed by atoms with van der Waals surface area (Å²) >= 11 is 0. The summed E-state index contributed by atoms with van der Waals surface area (Å²) in [6.45, 7) is 0. The van der Waals surface area contributed by atoms with E-state index in [1.165, 1.54) is 5.56 Å². The number of rotatable bonds is 3. The first-order chi connectivity index (χ1) is 9.78. The fourth-order valence-electron chi connectivity index (χ4n) is 2.30. The van der Waals surface area contributed by atoms with Crippen LogP contribution in [-0.2, 0) is 7.05 Å². The van der Waals surface area contributed by atoms with Gasteiger partial charge in [0.2, 0.25) is 0 Å². The minimum atomic E-state index is 0.840. The van der Waals surface area contributed by atoms with Crippen molar-refractivity contribution in [1.82, 2.24) is 9.78 Å². The molecule has 0 atom stereocenters. The zero-order chi connectivity index (χ0) is 13.9. The maximum absolute atomic E-state index is 5.29. The lowest BCUT2D eigenvalue weighted by Crippen LogP contribution is -1.89. The maximum Gasteiger partial charge on any atom is 0.119 e. The van der Waals surface area contributed by atoms with E-state index in [2.05, 4.69) is 23.3 Å². The molecule has 0 fully saturated rings. The second-order valence-corrected chi connectivity index (χ2v) is 4.66. The Morgan fingerprint density at radius 2 is 1.70 bits per heavy atom. The molecule has 0 aliphatic heterocycles. The van der Waals surface area contributed by atoms with Crippen LogP contribution in [-0.4, -0.2) is 16.9 Å². The number of methoxy groups -OCH3 is 1. The van der Waals surface area contributed by atoms with Crippen LogP contribution in [0.2, 0.25) is 0 Å². The van der Waals surface area contributed by atoms with Crippen molar-refractivity contribution in [2.24, 2.45) is 7.05 Å². The van der Waals surface area contributed by atoms with Crippen molar-refractivity contribution in [3.63, 3.8) is 0 Å². The lowest BCUT2D eigenvalue weighted by molar-refractivity contribution is 0.415. The molecule has 0 saturated carbocycles. The van der Waals surface area contributed by atoms with E-state index in [1.807, 2.05) is 54.3 Å². The minimum absolute atomic E-state index is 0.840. The first-order valence-corrected chi connectivity index (χ1v) is 6.51. The Morgan fingerprint density at radius 1 is 0.950 bits per heavy atom. The van der Waals surface area contributed by atoms with Gasteiger partial charge < -0.3 is 4.74 Å². The molecule has 100 valence electrons. The van der Waals surface area contributed by atoms with Crippen molar-refractivity contribution in [2.75, 3.05) is 7.11 Å². The van der Waals surface area contributed by atoms with Gasteiger partial charge in [0.05, 0.1) is 7.11 Å². The van der Waals surface area contributed by atoms with Crippen molar-refractivity contribution in [3.05, 3.63) is 60.8 Å². The summed E-state index contributed by atoms with van der Waals surface area (Å²) in [5.41, 5.74) is 4.32. The molecule has 0 radical (unpaired) electrons. The van der Waals surface area contributed by atoms with Gasteiger partial charge in [-0.2, -0.15) is 5.10 Å². The van der Waals surface area contributed by atoms with E-state index < -0.39 is 0 Å². The number of benzene rings is 2. The lowest BCUT2D eigenvalue weighted by atomic mass is 10.0. The van der Waals surface area contributed by atoms with Gasteiger partial charge in [-0.15, -0.1) is 0 Å². The quantitative estimate of drug-likeness (QED) is 0.720. The van der Waals surface area contributed by atoms with Crippen molar-refractivity contribution in [2.45, 2.75) is 0 Å². The summed E-state index contributed by atoms with van der Waals surface area (Å²) in [4.78, 5) is 0. The number of nitrogens with zero attached hydrogens (tertiary/aromatic N) is 2. The Labute approximate surface area is 118 Å². The largest absolute Gasteiger partial charge is 0.497 e. The number of hydrogen-bond acceptors (Lipinski definition) is 2. The van der Waals surface area contributed by atoms with Crippen LogP contribution in [0.4, 0.5) is 0 Å².